The van der Waals surface area contributed by atoms with Gasteiger partial charge in [-0.2, -0.15) is 0 Å². The number of hydrogen-bond donors (Lipinski definition) is 3. The summed E-state index contributed by atoms with van der Waals surface area (Å²) in [4.78, 5) is 0. The Balaban J connectivity index is 2.19. The van der Waals surface area contributed by atoms with E-state index in [1.807, 2.05) is 12.2 Å². The molecule has 2 atom stereocenters. The van der Waals surface area contributed by atoms with E-state index in [0.717, 1.165) is 0 Å². The second-order valence-corrected chi connectivity index (χ2v) is 2.72. The Morgan fingerprint density at radius 3 is 1.67 bits per heavy atom. The lowest BCUT2D eigenvalue weighted by Gasteiger charge is -2.20. The van der Waals surface area contributed by atoms with Gasteiger partial charge in [0.1, 0.15) is 0 Å². The summed E-state index contributed by atoms with van der Waals surface area (Å²) >= 11 is 0. The highest BCUT2D eigenvalue weighted by atomic mass is 16.3. The summed E-state index contributed by atoms with van der Waals surface area (Å²) in [6.45, 7) is 0.175. The van der Waals surface area contributed by atoms with Crippen LogP contribution in [-0.4, -0.2) is 34.5 Å². The van der Waals surface area contributed by atoms with Crippen LogP contribution >= 0.6 is 0 Å². The molecule has 2 aliphatic rings. The van der Waals surface area contributed by atoms with E-state index in [4.69, 9.17) is 10.2 Å². The average Bonchev–Trinajstić information content (AvgIpc) is 2.33. The van der Waals surface area contributed by atoms with Gasteiger partial charge in [-0.25, -0.2) is 0 Å². The molecule has 3 N–H and O–H groups in total. The van der Waals surface area contributed by atoms with Gasteiger partial charge in [-0.05, 0) is 0 Å². The van der Waals surface area contributed by atoms with Crippen molar-refractivity contribution in [1.82, 2.24) is 5.32 Å². The zero-order valence-corrected chi connectivity index (χ0v) is 4.96. The Labute approximate surface area is 53.0 Å². The molecular formula is C6H9NO2. The van der Waals surface area contributed by atoms with Crippen molar-refractivity contribution in [2.45, 2.75) is 11.1 Å². The van der Waals surface area contributed by atoms with Crippen LogP contribution in [0.2, 0.25) is 0 Å². The van der Waals surface area contributed by atoms with Gasteiger partial charge in [0.2, 0.25) is 0 Å². The van der Waals surface area contributed by atoms with Gasteiger partial charge >= 0.3 is 0 Å². The molecule has 2 unspecified atom stereocenters. The van der Waals surface area contributed by atoms with Gasteiger partial charge < -0.3 is 10.2 Å². The number of aliphatic hydroxyl groups is 2. The van der Waals surface area contributed by atoms with Gasteiger partial charge in [-0.15, -0.1) is 0 Å². The molecular weight excluding hydrogens is 118 g/mol. The maximum atomic E-state index is 8.76. The fourth-order valence-electron chi connectivity index (χ4n) is 1.40. The van der Waals surface area contributed by atoms with Gasteiger partial charge in [-0.3, -0.25) is 5.32 Å². The molecule has 1 saturated heterocycles. The molecule has 3 heteroatoms. The summed E-state index contributed by atoms with van der Waals surface area (Å²) in [6.07, 6.45) is 3.78. The molecule has 0 spiro atoms. The fraction of sp³-hybridized carbons (Fsp3) is 0.667. The second-order valence-electron chi connectivity index (χ2n) is 2.72. The molecule has 1 fully saturated rings. The summed E-state index contributed by atoms with van der Waals surface area (Å²) in [7, 11) is 0. The lowest BCUT2D eigenvalue weighted by molar-refractivity contribution is 0.218. The molecule has 0 amide bonds. The third kappa shape index (κ3) is 0.367. The molecule has 9 heavy (non-hydrogen) atoms. The summed E-state index contributed by atoms with van der Waals surface area (Å²) in [6, 6.07) is 0. The van der Waals surface area contributed by atoms with E-state index in [9.17, 15) is 0 Å². The van der Waals surface area contributed by atoms with E-state index < -0.39 is 0 Å². The third-order valence-corrected chi connectivity index (χ3v) is 2.33. The Kier molecular flexibility index (Phi) is 0.726. The molecule has 0 saturated carbocycles. The van der Waals surface area contributed by atoms with Gasteiger partial charge in [0.15, 0.2) is 0 Å². The minimum atomic E-state index is -0.248. The quantitative estimate of drug-likeness (QED) is 0.316. The number of aliphatic hydroxyl groups excluding tert-OH is 2. The molecule has 3 nitrogen and oxygen atoms in total. The van der Waals surface area contributed by atoms with Crippen molar-refractivity contribution < 1.29 is 10.2 Å². The van der Waals surface area contributed by atoms with Crippen LogP contribution in [0.15, 0.2) is 12.2 Å². The Morgan fingerprint density at radius 2 is 1.56 bits per heavy atom. The van der Waals surface area contributed by atoms with Crippen LogP contribution in [0, 0.1) is 0 Å². The van der Waals surface area contributed by atoms with Crippen LogP contribution in [-0.2, 0) is 0 Å². The number of hydrogen-bond acceptors (Lipinski definition) is 3. The van der Waals surface area contributed by atoms with E-state index in [-0.39, 0.29) is 24.3 Å². The summed E-state index contributed by atoms with van der Waals surface area (Å²) in [5.41, 5.74) is -0.497. The fourth-order valence-corrected chi connectivity index (χ4v) is 1.40. The lowest BCUT2D eigenvalue weighted by atomic mass is 9.84. The second kappa shape index (κ2) is 1.21. The SMILES string of the molecule is OCC12C=CC1(CO)N2. The first kappa shape index (κ1) is 5.41. The first-order valence-corrected chi connectivity index (χ1v) is 3.00. The smallest absolute Gasteiger partial charge is 0.0851 e. The van der Waals surface area contributed by atoms with Crippen molar-refractivity contribution in [1.29, 1.82) is 0 Å². The maximum Gasteiger partial charge on any atom is 0.0851 e. The highest BCUT2D eigenvalue weighted by molar-refractivity contribution is 5.51. The molecule has 50 valence electrons. The third-order valence-electron chi connectivity index (χ3n) is 2.33. The van der Waals surface area contributed by atoms with Crippen molar-refractivity contribution in [3.63, 3.8) is 0 Å². The Hall–Kier alpha value is -0.380. The van der Waals surface area contributed by atoms with E-state index in [1.165, 1.54) is 0 Å². The Morgan fingerprint density at radius 1 is 1.11 bits per heavy atom. The van der Waals surface area contributed by atoms with E-state index >= 15 is 0 Å². The van der Waals surface area contributed by atoms with Crippen molar-refractivity contribution in [3.05, 3.63) is 12.2 Å². The van der Waals surface area contributed by atoms with Crippen LogP contribution in [0.4, 0.5) is 0 Å². The predicted octanol–water partition coefficient (Wildman–Crippen LogP) is -1.38. The van der Waals surface area contributed by atoms with Gasteiger partial charge in [0.05, 0.1) is 24.3 Å². The predicted molar refractivity (Wildman–Crippen MR) is 31.9 cm³/mol. The molecule has 1 aliphatic heterocycles. The minimum absolute atomic E-state index is 0.0874. The van der Waals surface area contributed by atoms with E-state index in [1.54, 1.807) is 0 Å². The molecule has 1 aliphatic carbocycles. The largest absolute Gasteiger partial charge is 0.394 e. The number of rotatable bonds is 2. The van der Waals surface area contributed by atoms with Crippen LogP contribution in [0.25, 0.3) is 0 Å². The molecule has 0 aromatic rings. The van der Waals surface area contributed by atoms with Crippen LogP contribution in [0.1, 0.15) is 0 Å². The number of fused-ring (bicyclic) bond motifs is 1. The molecule has 2 rings (SSSR count). The molecule has 0 aromatic heterocycles. The number of nitrogens with one attached hydrogen (secondary N) is 1. The average molecular weight is 127 g/mol. The summed E-state index contributed by atoms with van der Waals surface area (Å²) in [5, 5.41) is 20.5. The maximum absolute atomic E-state index is 8.76. The summed E-state index contributed by atoms with van der Waals surface area (Å²) in [5.74, 6) is 0. The minimum Gasteiger partial charge on any atom is -0.394 e. The van der Waals surface area contributed by atoms with Crippen LogP contribution in [0.5, 0.6) is 0 Å². The standard InChI is InChI=1S/C6H9NO2/c8-3-5-1-2-6(5,4-9)7-5/h1-2,7-9H,3-4H2. The molecule has 0 aromatic carbocycles. The zero-order valence-electron chi connectivity index (χ0n) is 4.96. The monoisotopic (exact) mass is 127 g/mol. The highest BCUT2D eigenvalue weighted by Gasteiger charge is 2.69. The van der Waals surface area contributed by atoms with Crippen molar-refractivity contribution in [2.75, 3.05) is 13.2 Å². The van der Waals surface area contributed by atoms with Crippen molar-refractivity contribution >= 4 is 0 Å². The van der Waals surface area contributed by atoms with Crippen molar-refractivity contribution in [2.24, 2.45) is 0 Å². The summed E-state index contributed by atoms with van der Waals surface area (Å²) < 4.78 is 0. The van der Waals surface area contributed by atoms with Crippen LogP contribution < -0.4 is 5.32 Å². The van der Waals surface area contributed by atoms with Gasteiger partial charge in [0.25, 0.3) is 0 Å². The normalized spacial score (nSPS) is 52.2. The van der Waals surface area contributed by atoms with Gasteiger partial charge in [0, 0.05) is 0 Å². The Bertz CT molecular complexity index is 162. The van der Waals surface area contributed by atoms with Crippen LogP contribution in [0.3, 0.4) is 0 Å². The van der Waals surface area contributed by atoms with Gasteiger partial charge in [-0.1, -0.05) is 12.2 Å². The lowest BCUT2D eigenvalue weighted by Crippen LogP contribution is -2.36. The first-order chi connectivity index (χ1) is 4.29. The topological polar surface area (TPSA) is 62.4 Å². The molecule has 1 heterocycles. The zero-order chi connectivity index (χ0) is 6.54. The van der Waals surface area contributed by atoms with Crippen molar-refractivity contribution in [3.8, 4) is 0 Å². The first-order valence-electron chi connectivity index (χ1n) is 3.00. The highest BCUT2D eigenvalue weighted by Crippen LogP contribution is 2.48. The van der Waals surface area contributed by atoms with E-state index in [0.29, 0.717) is 0 Å². The molecule has 0 bridgehead atoms. The molecule has 0 radical (unpaired) electrons. The van der Waals surface area contributed by atoms with E-state index in [2.05, 4.69) is 5.32 Å².